The number of nitrogen functional groups attached to an aromatic ring is 1. The Labute approximate surface area is 113 Å². The van der Waals surface area contributed by atoms with Crippen molar-refractivity contribution in [3.63, 3.8) is 0 Å². The van der Waals surface area contributed by atoms with Gasteiger partial charge in [0.2, 0.25) is 0 Å². The number of anilines is 2. The Kier molecular flexibility index (Phi) is 3.38. The lowest BCUT2D eigenvalue weighted by Gasteiger charge is -2.35. The van der Waals surface area contributed by atoms with Gasteiger partial charge in [-0.3, -0.25) is 0 Å². The standard InChI is InChI=1S/C14H20N2O3/c1-17-10-3-2-4-16(9-10)12-8-14-13(7-11(12)15)18-5-6-19-14/h7-8,10H,2-6,9,15H2,1H3. The van der Waals surface area contributed by atoms with Crippen LogP contribution in [0.3, 0.4) is 0 Å². The van der Waals surface area contributed by atoms with Crippen LogP contribution in [0.2, 0.25) is 0 Å². The second-order valence-corrected chi connectivity index (χ2v) is 5.00. The lowest BCUT2D eigenvalue weighted by Crippen LogP contribution is -2.39. The van der Waals surface area contributed by atoms with E-state index in [0.717, 1.165) is 48.8 Å². The van der Waals surface area contributed by atoms with Crippen LogP contribution in [-0.4, -0.2) is 39.5 Å². The highest BCUT2D eigenvalue weighted by Crippen LogP contribution is 2.39. The topological polar surface area (TPSA) is 57.0 Å². The SMILES string of the molecule is COC1CCCN(c2cc3c(cc2N)OCCO3)C1. The maximum atomic E-state index is 6.14. The molecule has 0 bridgehead atoms. The summed E-state index contributed by atoms with van der Waals surface area (Å²) in [6.07, 6.45) is 2.51. The molecule has 104 valence electrons. The highest BCUT2D eigenvalue weighted by molar-refractivity contribution is 5.73. The highest BCUT2D eigenvalue weighted by Gasteiger charge is 2.23. The van der Waals surface area contributed by atoms with E-state index in [1.54, 1.807) is 7.11 Å². The van der Waals surface area contributed by atoms with E-state index >= 15 is 0 Å². The van der Waals surface area contributed by atoms with Crippen LogP contribution < -0.4 is 20.1 Å². The van der Waals surface area contributed by atoms with Gasteiger partial charge in [0.25, 0.3) is 0 Å². The zero-order valence-electron chi connectivity index (χ0n) is 11.2. The van der Waals surface area contributed by atoms with Crippen LogP contribution in [0.5, 0.6) is 11.5 Å². The third-order valence-electron chi connectivity index (χ3n) is 3.74. The van der Waals surface area contributed by atoms with Gasteiger partial charge in [0, 0.05) is 32.3 Å². The minimum atomic E-state index is 0.279. The first-order valence-electron chi connectivity index (χ1n) is 6.75. The molecule has 2 aliphatic heterocycles. The maximum Gasteiger partial charge on any atom is 0.163 e. The molecular weight excluding hydrogens is 244 g/mol. The molecule has 1 aromatic carbocycles. The first-order chi connectivity index (χ1) is 9.28. The number of hydrogen-bond donors (Lipinski definition) is 1. The summed E-state index contributed by atoms with van der Waals surface area (Å²) in [4.78, 5) is 2.27. The third kappa shape index (κ3) is 2.42. The fourth-order valence-electron chi connectivity index (χ4n) is 2.72. The largest absolute Gasteiger partial charge is 0.486 e. The summed E-state index contributed by atoms with van der Waals surface area (Å²) >= 11 is 0. The molecule has 0 radical (unpaired) electrons. The molecule has 1 unspecified atom stereocenters. The number of methoxy groups -OCH3 is 1. The van der Waals surface area contributed by atoms with Gasteiger partial charge in [0.15, 0.2) is 11.5 Å². The van der Waals surface area contributed by atoms with Crippen LogP contribution in [0.4, 0.5) is 11.4 Å². The summed E-state index contributed by atoms with van der Waals surface area (Å²) in [5, 5.41) is 0. The number of benzene rings is 1. The first-order valence-corrected chi connectivity index (χ1v) is 6.75. The number of nitrogens with two attached hydrogens (primary N) is 1. The van der Waals surface area contributed by atoms with Crippen molar-refractivity contribution in [3.05, 3.63) is 12.1 Å². The van der Waals surface area contributed by atoms with E-state index in [4.69, 9.17) is 19.9 Å². The van der Waals surface area contributed by atoms with E-state index in [2.05, 4.69) is 4.90 Å². The number of ether oxygens (including phenoxy) is 3. The number of rotatable bonds is 2. The normalized spacial score (nSPS) is 22.4. The lowest BCUT2D eigenvalue weighted by molar-refractivity contribution is 0.0893. The van der Waals surface area contributed by atoms with E-state index < -0.39 is 0 Å². The van der Waals surface area contributed by atoms with Crippen molar-refractivity contribution in [2.24, 2.45) is 0 Å². The van der Waals surface area contributed by atoms with Gasteiger partial charge in [-0.2, -0.15) is 0 Å². The third-order valence-corrected chi connectivity index (χ3v) is 3.74. The number of piperidine rings is 1. The van der Waals surface area contributed by atoms with Gasteiger partial charge in [-0.1, -0.05) is 0 Å². The minimum Gasteiger partial charge on any atom is -0.486 e. The molecule has 1 fully saturated rings. The molecule has 1 aromatic rings. The van der Waals surface area contributed by atoms with Crippen molar-refractivity contribution in [1.29, 1.82) is 0 Å². The Morgan fingerprint density at radius 3 is 2.74 bits per heavy atom. The second kappa shape index (κ2) is 5.17. The van der Waals surface area contributed by atoms with Gasteiger partial charge >= 0.3 is 0 Å². The van der Waals surface area contributed by atoms with Crippen LogP contribution in [0, 0.1) is 0 Å². The molecule has 5 heteroatoms. The zero-order chi connectivity index (χ0) is 13.2. The summed E-state index contributed by atoms with van der Waals surface area (Å²) in [6, 6.07) is 3.85. The fourth-order valence-corrected chi connectivity index (χ4v) is 2.72. The molecule has 1 saturated heterocycles. The van der Waals surface area contributed by atoms with Gasteiger partial charge < -0.3 is 24.8 Å². The van der Waals surface area contributed by atoms with E-state index in [-0.39, 0.29) is 6.10 Å². The van der Waals surface area contributed by atoms with Gasteiger partial charge in [0.05, 0.1) is 17.5 Å². The van der Waals surface area contributed by atoms with Crippen LogP contribution in [0.25, 0.3) is 0 Å². The Morgan fingerprint density at radius 1 is 1.26 bits per heavy atom. The average Bonchev–Trinajstić information content (AvgIpc) is 2.46. The highest BCUT2D eigenvalue weighted by atomic mass is 16.6. The lowest BCUT2D eigenvalue weighted by atomic mass is 10.1. The summed E-state index contributed by atoms with van der Waals surface area (Å²) in [7, 11) is 1.77. The van der Waals surface area contributed by atoms with Gasteiger partial charge in [-0.15, -0.1) is 0 Å². The van der Waals surface area contributed by atoms with Crippen molar-refractivity contribution >= 4 is 11.4 Å². The molecule has 19 heavy (non-hydrogen) atoms. The zero-order valence-corrected chi connectivity index (χ0v) is 11.2. The Bertz CT molecular complexity index is 464. The molecule has 0 spiro atoms. The Balaban J connectivity index is 1.87. The molecule has 0 aromatic heterocycles. The van der Waals surface area contributed by atoms with E-state index in [0.29, 0.717) is 13.2 Å². The van der Waals surface area contributed by atoms with Crippen molar-refractivity contribution in [2.45, 2.75) is 18.9 Å². The van der Waals surface area contributed by atoms with Crippen molar-refractivity contribution in [3.8, 4) is 11.5 Å². The number of fused-ring (bicyclic) bond motifs is 1. The molecule has 0 saturated carbocycles. The number of hydrogen-bond acceptors (Lipinski definition) is 5. The summed E-state index contributed by atoms with van der Waals surface area (Å²) in [6.45, 7) is 3.06. The predicted molar refractivity (Wildman–Crippen MR) is 74.1 cm³/mol. The van der Waals surface area contributed by atoms with E-state index in [1.165, 1.54) is 0 Å². The Hall–Kier alpha value is -1.62. The molecular formula is C14H20N2O3. The maximum absolute atomic E-state index is 6.14. The average molecular weight is 264 g/mol. The van der Waals surface area contributed by atoms with Gasteiger partial charge in [-0.25, -0.2) is 0 Å². The summed E-state index contributed by atoms with van der Waals surface area (Å²) in [5.41, 5.74) is 7.90. The van der Waals surface area contributed by atoms with Gasteiger partial charge in [-0.05, 0) is 12.8 Å². The molecule has 2 heterocycles. The van der Waals surface area contributed by atoms with Crippen molar-refractivity contribution in [1.82, 2.24) is 0 Å². The van der Waals surface area contributed by atoms with Gasteiger partial charge in [0.1, 0.15) is 13.2 Å². The van der Waals surface area contributed by atoms with Crippen molar-refractivity contribution < 1.29 is 14.2 Å². The molecule has 2 N–H and O–H groups in total. The summed E-state index contributed by atoms with van der Waals surface area (Å²) < 4.78 is 16.6. The second-order valence-electron chi connectivity index (χ2n) is 5.00. The van der Waals surface area contributed by atoms with Crippen LogP contribution in [-0.2, 0) is 4.74 Å². The molecule has 0 amide bonds. The quantitative estimate of drug-likeness (QED) is 0.823. The molecule has 5 nitrogen and oxygen atoms in total. The minimum absolute atomic E-state index is 0.279. The molecule has 0 aliphatic carbocycles. The molecule has 2 aliphatic rings. The number of nitrogens with zero attached hydrogens (tertiary/aromatic N) is 1. The fraction of sp³-hybridized carbons (Fsp3) is 0.571. The molecule has 3 rings (SSSR count). The van der Waals surface area contributed by atoms with Crippen LogP contribution in [0.1, 0.15) is 12.8 Å². The van der Waals surface area contributed by atoms with Crippen LogP contribution >= 0.6 is 0 Å². The van der Waals surface area contributed by atoms with E-state index in [1.807, 2.05) is 12.1 Å². The first kappa shape index (κ1) is 12.4. The smallest absolute Gasteiger partial charge is 0.163 e. The van der Waals surface area contributed by atoms with Crippen LogP contribution in [0.15, 0.2) is 12.1 Å². The van der Waals surface area contributed by atoms with E-state index in [9.17, 15) is 0 Å². The molecule has 1 atom stereocenters. The monoisotopic (exact) mass is 264 g/mol. The summed E-state index contributed by atoms with van der Waals surface area (Å²) in [5.74, 6) is 1.53. The predicted octanol–water partition coefficient (Wildman–Crippen LogP) is 1.66. The Morgan fingerprint density at radius 2 is 2.00 bits per heavy atom. The van der Waals surface area contributed by atoms with Crippen molar-refractivity contribution in [2.75, 3.05) is 44.0 Å².